The van der Waals surface area contributed by atoms with Gasteiger partial charge in [0.15, 0.2) is 0 Å². The number of amides is 2. The van der Waals surface area contributed by atoms with Crippen LogP contribution in [-0.2, 0) is 27.2 Å². The molecule has 3 N–H and O–H groups in total. The van der Waals surface area contributed by atoms with Crippen LogP contribution in [0.2, 0.25) is 0 Å². The molecule has 0 spiro atoms. The second-order valence-corrected chi connectivity index (χ2v) is 9.80. The molecule has 0 bridgehead atoms. The Bertz CT molecular complexity index is 1330. The Morgan fingerprint density at radius 1 is 1.22 bits per heavy atom. The summed E-state index contributed by atoms with van der Waals surface area (Å²) in [7, 11) is 0. The molecule has 2 atom stereocenters. The van der Waals surface area contributed by atoms with Gasteiger partial charge in [-0.3, -0.25) is 19.4 Å². The number of aliphatic carboxylic acids is 1. The molecule has 0 aliphatic carbocycles. The number of carbonyl (C=O) groups excluding carboxylic acids is 2. The molecule has 2 aliphatic heterocycles. The van der Waals surface area contributed by atoms with E-state index in [1.807, 2.05) is 36.4 Å². The number of nitrogens with one attached hydrogen (secondary N) is 2. The van der Waals surface area contributed by atoms with Gasteiger partial charge in [0, 0.05) is 36.3 Å². The van der Waals surface area contributed by atoms with Gasteiger partial charge in [0.05, 0.1) is 24.5 Å². The molecule has 192 valence electrons. The first kappa shape index (κ1) is 24.7. The second-order valence-electron chi connectivity index (χ2n) is 9.80. The summed E-state index contributed by atoms with van der Waals surface area (Å²) in [6.07, 6.45) is 5.57. The molecule has 1 saturated heterocycles. The third kappa shape index (κ3) is 5.87. The highest BCUT2D eigenvalue weighted by molar-refractivity contribution is 5.88. The van der Waals surface area contributed by atoms with E-state index in [0.717, 1.165) is 41.8 Å². The summed E-state index contributed by atoms with van der Waals surface area (Å²) in [6, 6.07) is 12.8. The number of carboxylic acids is 1. The van der Waals surface area contributed by atoms with Crippen molar-refractivity contribution in [2.75, 3.05) is 25.0 Å². The third-order valence-electron chi connectivity index (χ3n) is 7.17. The molecule has 9 nitrogen and oxygen atoms in total. The summed E-state index contributed by atoms with van der Waals surface area (Å²) in [5.41, 5.74) is 3.62. The van der Waals surface area contributed by atoms with Gasteiger partial charge >= 0.3 is 5.97 Å². The maximum absolute atomic E-state index is 13.0. The minimum absolute atomic E-state index is 0.0339. The lowest BCUT2D eigenvalue weighted by molar-refractivity contribution is -0.138. The Kier molecular flexibility index (Phi) is 7.30. The zero-order valence-electron chi connectivity index (χ0n) is 20.7. The Morgan fingerprint density at radius 3 is 2.95 bits per heavy atom. The van der Waals surface area contributed by atoms with Crippen molar-refractivity contribution in [3.8, 4) is 0 Å². The molecule has 0 radical (unpaired) electrons. The standard InChI is InChI=1S/C28H31N5O4/c34-25(32-24(15-26(35)36)21-14-20-4-1-2-6-23(20)30-16-21)17-33-13-11-19(28(33)37)8-10-22-9-7-18-5-3-12-29-27(18)31-22/h1-2,4,6-7,9,14,16,19,24H,3,5,8,10-13,15,17H2,(H,29,31)(H,32,34)(H,35,36)/t19-,24?/m0/s1. The predicted molar refractivity (Wildman–Crippen MR) is 139 cm³/mol. The number of carboxylic acid groups (broad SMARTS) is 1. The minimum atomic E-state index is -1.03. The number of fused-ring (bicyclic) bond motifs is 2. The molecule has 37 heavy (non-hydrogen) atoms. The molecule has 5 rings (SSSR count). The van der Waals surface area contributed by atoms with Gasteiger partial charge in [-0.1, -0.05) is 24.3 Å². The van der Waals surface area contributed by atoms with E-state index in [0.29, 0.717) is 31.4 Å². The van der Waals surface area contributed by atoms with E-state index in [2.05, 4.69) is 21.7 Å². The van der Waals surface area contributed by atoms with Gasteiger partial charge < -0.3 is 20.6 Å². The van der Waals surface area contributed by atoms with Crippen molar-refractivity contribution in [1.29, 1.82) is 0 Å². The first-order valence-corrected chi connectivity index (χ1v) is 12.8. The number of para-hydroxylation sites is 1. The average Bonchev–Trinajstić information content (AvgIpc) is 3.25. The van der Waals surface area contributed by atoms with Gasteiger partial charge in [0.2, 0.25) is 11.8 Å². The van der Waals surface area contributed by atoms with E-state index in [4.69, 9.17) is 4.98 Å². The largest absolute Gasteiger partial charge is 0.481 e. The number of nitrogens with zero attached hydrogens (tertiary/aromatic N) is 3. The van der Waals surface area contributed by atoms with Crippen LogP contribution in [0, 0.1) is 5.92 Å². The predicted octanol–water partition coefficient (Wildman–Crippen LogP) is 3.10. The fourth-order valence-corrected chi connectivity index (χ4v) is 5.18. The molecule has 0 saturated carbocycles. The number of aryl methyl sites for hydroxylation is 2. The van der Waals surface area contributed by atoms with Gasteiger partial charge in [-0.15, -0.1) is 0 Å². The molecule has 9 heteroatoms. The smallest absolute Gasteiger partial charge is 0.305 e. The molecular formula is C28H31N5O4. The van der Waals surface area contributed by atoms with E-state index in [9.17, 15) is 19.5 Å². The first-order chi connectivity index (χ1) is 18.0. The zero-order valence-corrected chi connectivity index (χ0v) is 20.7. The summed E-state index contributed by atoms with van der Waals surface area (Å²) in [4.78, 5) is 48.0. The highest BCUT2D eigenvalue weighted by atomic mass is 16.4. The van der Waals surface area contributed by atoms with Crippen LogP contribution in [0.15, 0.2) is 48.7 Å². The van der Waals surface area contributed by atoms with Crippen LogP contribution < -0.4 is 10.6 Å². The topological polar surface area (TPSA) is 125 Å². The summed E-state index contributed by atoms with van der Waals surface area (Å²) in [5.74, 6) is -0.624. The number of carbonyl (C=O) groups is 3. The number of aromatic nitrogens is 2. The lowest BCUT2D eigenvalue weighted by Gasteiger charge is -2.21. The molecule has 1 unspecified atom stereocenters. The van der Waals surface area contributed by atoms with Crippen molar-refractivity contribution in [3.05, 3.63) is 65.5 Å². The fraction of sp³-hybridized carbons (Fsp3) is 0.393. The van der Waals surface area contributed by atoms with E-state index < -0.39 is 12.0 Å². The Labute approximate surface area is 215 Å². The lowest BCUT2D eigenvalue weighted by Crippen LogP contribution is -2.40. The molecule has 2 aromatic heterocycles. The summed E-state index contributed by atoms with van der Waals surface area (Å²) < 4.78 is 0. The van der Waals surface area contributed by atoms with E-state index >= 15 is 0 Å². The zero-order chi connectivity index (χ0) is 25.8. The maximum Gasteiger partial charge on any atom is 0.305 e. The normalized spacial score (nSPS) is 17.8. The van der Waals surface area contributed by atoms with Crippen LogP contribution in [0.5, 0.6) is 0 Å². The van der Waals surface area contributed by atoms with Crippen LogP contribution >= 0.6 is 0 Å². The lowest BCUT2D eigenvalue weighted by atomic mass is 9.99. The Balaban J connectivity index is 1.17. The Hall–Kier alpha value is -4.01. The fourth-order valence-electron chi connectivity index (χ4n) is 5.18. The molecular weight excluding hydrogens is 470 g/mol. The first-order valence-electron chi connectivity index (χ1n) is 12.8. The number of hydrogen-bond donors (Lipinski definition) is 3. The number of anilines is 1. The van der Waals surface area contributed by atoms with Crippen molar-refractivity contribution in [3.63, 3.8) is 0 Å². The van der Waals surface area contributed by atoms with E-state index in [1.165, 1.54) is 5.56 Å². The van der Waals surface area contributed by atoms with Gasteiger partial charge in [-0.05, 0) is 61.4 Å². The van der Waals surface area contributed by atoms with Crippen molar-refractivity contribution < 1.29 is 19.5 Å². The number of hydrogen-bond acceptors (Lipinski definition) is 6. The van der Waals surface area contributed by atoms with E-state index in [1.54, 1.807) is 11.1 Å². The number of benzene rings is 1. The van der Waals surface area contributed by atoms with Crippen molar-refractivity contribution >= 4 is 34.5 Å². The van der Waals surface area contributed by atoms with Crippen LogP contribution in [0.1, 0.15) is 48.5 Å². The summed E-state index contributed by atoms with van der Waals surface area (Å²) in [6.45, 7) is 1.36. The van der Waals surface area contributed by atoms with Crippen LogP contribution in [-0.4, -0.2) is 57.4 Å². The molecule has 1 aromatic carbocycles. The molecule has 2 amide bonds. The van der Waals surface area contributed by atoms with Gasteiger partial charge in [-0.2, -0.15) is 0 Å². The SMILES string of the molecule is O=C(O)CC(NC(=O)CN1CC[C@H](CCc2ccc3c(n2)NCCC3)C1=O)c1cnc2ccccc2c1. The molecule has 2 aliphatic rings. The van der Waals surface area contributed by atoms with Gasteiger partial charge in [0.25, 0.3) is 0 Å². The molecule has 1 fully saturated rings. The third-order valence-corrected chi connectivity index (χ3v) is 7.17. The number of rotatable bonds is 9. The average molecular weight is 502 g/mol. The van der Waals surface area contributed by atoms with Crippen LogP contribution in [0.4, 0.5) is 5.82 Å². The monoisotopic (exact) mass is 501 g/mol. The van der Waals surface area contributed by atoms with E-state index in [-0.39, 0.29) is 30.7 Å². The summed E-state index contributed by atoms with van der Waals surface area (Å²) in [5, 5.41) is 16.4. The quantitative estimate of drug-likeness (QED) is 0.411. The highest BCUT2D eigenvalue weighted by Crippen LogP contribution is 2.25. The Morgan fingerprint density at radius 2 is 2.08 bits per heavy atom. The number of pyridine rings is 2. The van der Waals surface area contributed by atoms with Gasteiger partial charge in [0.1, 0.15) is 5.82 Å². The minimum Gasteiger partial charge on any atom is -0.481 e. The van der Waals surface area contributed by atoms with Gasteiger partial charge in [-0.25, -0.2) is 4.98 Å². The second kappa shape index (κ2) is 10.9. The van der Waals surface area contributed by atoms with Crippen molar-refractivity contribution in [1.82, 2.24) is 20.2 Å². The van der Waals surface area contributed by atoms with Crippen LogP contribution in [0.25, 0.3) is 10.9 Å². The maximum atomic E-state index is 13.0. The van der Waals surface area contributed by atoms with Crippen molar-refractivity contribution in [2.45, 2.75) is 44.6 Å². The molecule has 4 heterocycles. The number of likely N-dealkylation sites (tertiary alicyclic amines) is 1. The summed E-state index contributed by atoms with van der Waals surface area (Å²) >= 11 is 0. The van der Waals surface area contributed by atoms with Crippen molar-refractivity contribution in [2.24, 2.45) is 5.92 Å². The van der Waals surface area contributed by atoms with Crippen LogP contribution in [0.3, 0.4) is 0 Å². The highest BCUT2D eigenvalue weighted by Gasteiger charge is 2.33. The molecule has 3 aromatic rings.